The minimum Gasteiger partial charge on any atom is -0.390 e. The van der Waals surface area contributed by atoms with Gasteiger partial charge in [-0.05, 0) is 25.2 Å². The molecule has 1 rings (SSSR count). The van der Waals surface area contributed by atoms with Crippen molar-refractivity contribution in [3.05, 3.63) is 0 Å². The predicted molar refractivity (Wildman–Crippen MR) is 58.1 cm³/mol. The highest BCUT2D eigenvalue weighted by atomic mass is 16.3. The first-order valence-corrected chi connectivity index (χ1v) is 6.11. The maximum atomic E-state index is 9.92. The van der Waals surface area contributed by atoms with Crippen molar-refractivity contribution in [3.63, 3.8) is 0 Å². The summed E-state index contributed by atoms with van der Waals surface area (Å²) in [7, 11) is 0. The molecule has 0 amide bonds. The Morgan fingerprint density at radius 3 is 2.36 bits per heavy atom. The van der Waals surface area contributed by atoms with E-state index in [2.05, 4.69) is 6.92 Å². The van der Waals surface area contributed by atoms with Crippen LogP contribution in [0.4, 0.5) is 0 Å². The highest BCUT2D eigenvalue weighted by Crippen LogP contribution is 2.28. The van der Waals surface area contributed by atoms with Crippen LogP contribution in [0.3, 0.4) is 0 Å². The van der Waals surface area contributed by atoms with Gasteiger partial charge in [0.15, 0.2) is 0 Å². The molecule has 2 atom stereocenters. The highest BCUT2D eigenvalue weighted by molar-refractivity contribution is 4.78. The van der Waals surface area contributed by atoms with E-state index in [9.17, 15) is 10.2 Å². The maximum Gasteiger partial charge on any atom is 0.0827 e. The Bertz CT molecular complexity index is 141. The molecular weight excluding hydrogens is 176 g/mol. The summed E-state index contributed by atoms with van der Waals surface area (Å²) in [6.07, 6.45) is 7.86. The van der Waals surface area contributed by atoms with Gasteiger partial charge < -0.3 is 10.2 Å². The summed E-state index contributed by atoms with van der Waals surface area (Å²) in [6.45, 7) is 2.11. The molecule has 1 fully saturated rings. The Labute approximate surface area is 87.3 Å². The van der Waals surface area contributed by atoms with Gasteiger partial charge in [0.2, 0.25) is 0 Å². The molecule has 0 aromatic rings. The molecule has 84 valence electrons. The van der Waals surface area contributed by atoms with Gasteiger partial charge in [-0.3, -0.25) is 0 Å². The van der Waals surface area contributed by atoms with Crippen LogP contribution in [-0.2, 0) is 0 Å². The van der Waals surface area contributed by atoms with Crippen molar-refractivity contribution < 1.29 is 10.2 Å². The molecule has 0 aromatic heterocycles. The van der Waals surface area contributed by atoms with Crippen molar-refractivity contribution in [2.24, 2.45) is 5.92 Å². The fourth-order valence-corrected chi connectivity index (χ4v) is 2.37. The Morgan fingerprint density at radius 2 is 1.79 bits per heavy atom. The van der Waals surface area contributed by atoms with Crippen LogP contribution in [-0.4, -0.2) is 22.4 Å². The highest BCUT2D eigenvalue weighted by Gasteiger charge is 2.26. The summed E-state index contributed by atoms with van der Waals surface area (Å²) < 4.78 is 0. The Hall–Kier alpha value is -0.0800. The molecule has 2 heteroatoms. The van der Waals surface area contributed by atoms with Crippen molar-refractivity contribution in [2.75, 3.05) is 0 Å². The summed E-state index contributed by atoms with van der Waals surface area (Å²) >= 11 is 0. The van der Waals surface area contributed by atoms with Gasteiger partial charge in [0.05, 0.1) is 12.2 Å². The van der Waals surface area contributed by atoms with E-state index in [1.165, 1.54) is 19.3 Å². The van der Waals surface area contributed by atoms with Crippen LogP contribution in [0.15, 0.2) is 0 Å². The normalized spacial score (nSPS) is 23.4. The zero-order chi connectivity index (χ0) is 10.4. The van der Waals surface area contributed by atoms with E-state index < -0.39 is 12.2 Å². The van der Waals surface area contributed by atoms with E-state index >= 15 is 0 Å². The van der Waals surface area contributed by atoms with Crippen LogP contribution in [0.2, 0.25) is 0 Å². The minimum atomic E-state index is -0.488. The van der Waals surface area contributed by atoms with E-state index in [0.29, 0.717) is 5.92 Å². The molecule has 0 radical (unpaired) electrons. The summed E-state index contributed by atoms with van der Waals surface area (Å²) in [4.78, 5) is 0. The van der Waals surface area contributed by atoms with Gasteiger partial charge in [-0.1, -0.05) is 39.0 Å². The number of hydrogen-bond donors (Lipinski definition) is 2. The average molecular weight is 200 g/mol. The van der Waals surface area contributed by atoms with Crippen molar-refractivity contribution in [2.45, 2.75) is 70.5 Å². The first-order valence-electron chi connectivity index (χ1n) is 6.11. The third-order valence-corrected chi connectivity index (χ3v) is 3.38. The quantitative estimate of drug-likeness (QED) is 0.715. The first kappa shape index (κ1) is 12.0. The van der Waals surface area contributed by atoms with Crippen molar-refractivity contribution in [3.8, 4) is 0 Å². The second-order valence-corrected chi connectivity index (χ2v) is 4.60. The number of rotatable bonds is 5. The monoisotopic (exact) mass is 200 g/mol. The smallest absolute Gasteiger partial charge is 0.0827 e. The van der Waals surface area contributed by atoms with E-state index in [4.69, 9.17) is 0 Å². The summed E-state index contributed by atoms with van der Waals surface area (Å²) in [5.41, 5.74) is 0. The lowest BCUT2D eigenvalue weighted by Gasteiger charge is -2.29. The topological polar surface area (TPSA) is 40.5 Å². The lowest BCUT2D eigenvalue weighted by atomic mass is 9.82. The van der Waals surface area contributed by atoms with Crippen LogP contribution in [0.1, 0.15) is 58.3 Å². The van der Waals surface area contributed by atoms with E-state index in [1.807, 2.05) is 0 Å². The predicted octanol–water partition coefficient (Wildman–Crippen LogP) is 2.48. The molecule has 0 saturated heterocycles. The third-order valence-electron chi connectivity index (χ3n) is 3.38. The van der Waals surface area contributed by atoms with Gasteiger partial charge in [0.25, 0.3) is 0 Å². The lowest BCUT2D eigenvalue weighted by molar-refractivity contribution is -0.0313. The van der Waals surface area contributed by atoms with E-state index in [1.54, 1.807) is 0 Å². The number of aliphatic hydroxyl groups is 2. The van der Waals surface area contributed by atoms with Gasteiger partial charge in [-0.15, -0.1) is 0 Å². The molecule has 0 aliphatic heterocycles. The van der Waals surface area contributed by atoms with Gasteiger partial charge in [-0.25, -0.2) is 0 Å². The largest absolute Gasteiger partial charge is 0.390 e. The Kier molecular flexibility index (Phi) is 5.49. The molecule has 0 aromatic carbocycles. The molecule has 0 unspecified atom stereocenters. The zero-order valence-electron chi connectivity index (χ0n) is 9.28. The molecule has 2 nitrogen and oxygen atoms in total. The lowest BCUT2D eigenvalue weighted by Crippen LogP contribution is -2.34. The van der Waals surface area contributed by atoms with Crippen molar-refractivity contribution >= 4 is 0 Å². The molecule has 0 spiro atoms. The summed E-state index contributed by atoms with van der Waals surface area (Å²) in [6, 6.07) is 0. The molecule has 14 heavy (non-hydrogen) atoms. The van der Waals surface area contributed by atoms with Crippen LogP contribution < -0.4 is 0 Å². The number of unbranched alkanes of at least 4 members (excludes halogenated alkanes) is 1. The van der Waals surface area contributed by atoms with Crippen LogP contribution in [0.5, 0.6) is 0 Å². The van der Waals surface area contributed by atoms with Crippen molar-refractivity contribution in [1.29, 1.82) is 0 Å². The van der Waals surface area contributed by atoms with Gasteiger partial charge in [0.1, 0.15) is 0 Å². The molecule has 2 N–H and O–H groups in total. The molecule has 0 heterocycles. The van der Waals surface area contributed by atoms with Gasteiger partial charge in [-0.2, -0.15) is 0 Å². The fourth-order valence-electron chi connectivity index (χ4n) is 2.37. The van der Waals surface area contributed by atoms with Crippen LogP contribution >= 0.6 is 0 Å². The summed E-state index contributed by atoms with van der Waals surface area (Å²) in [5, 5.41) is 19.7. The standard InChI is InChI=1S/C12H24O2/c1-2-3-9-11(13)12(14)10-7-5-4-6-8-10/h10-14H,2-9H2,1H3/t11-,12-/m1/s1. The Morgan fingerprint density at radius 1 is 1.14 bits per heavy atom. The number of aliphatic hydroxyl groups excluding tert-OH is 2. The molecule has 1 saturated carbocycles. The third kappa shape index (κ3) is 3.58. The molecular formula is C12H24O2. The minimum absolute atomic E-state index is 0.357. The van der Waals surface area contributed by atoms with Gasteiger partial charge in [0, 0.05) is 0 Å². The van der Waals surface area contributed by atoms with Crippen LogP contribution in [0.25, 0.3) is 0 Å². The van der Waals surface area contributed by atoms with Gasteiger partial charge >= 0.3 is 0 Å². The van der Waals surface area contributed by atoms with Crippen LogP contribution in [0, 0.1) is 5.92 Å². The average Bonchev–Trinajstić information content (AvgIpc) is 2.26. The first-order chi connectivity index (χ1) is 6.75. The summed E-state index contributed by atoms with van der Waals surface area (Å²) in [5.74, 6) is 0.357. The second kappa shape index (κ2) is 6.41. The molecule has 1 aliphatic carbocycles. The number of hydrogen-bond acceptors (Lipinski definition) is 2. The molecule has 0 bridgehead atoms. The Balaban J connectivity index is 2.26. The maximum absolute atomic E-state index is 9.92. The second-order valence-electron chi connectivity index (χ2n) is 4.60. The zero-order valence-corrected chi connectivity index (χ0v) is 9.28. The van der Waals surface area contributed by atoms with Crippen molar-refractivity contribution in [1.82, 2.24) is 0 Å². The molecule has 1 aliphatic rings. The SMILES string of the molecule is CCCC[C@@H](O)[C@H](O)C1CCCCC1. The van der Waals surface area contributed by atoms with E-state index in [0.717, 1.165) is 32.1 Å². The fraction of sp³-hybridized carbons (Fsp3) is 1.00. The van der Waals surface area contributed by atoms with E-state index in [-0.39, 0.29) is 0 Å².